The summed E-state index contributed by atoms with van der Waals surface area (Å²) in [5.74, 6) is 0. The lowest BCUT2D eigenvalue weighted by Gasteiger charge is -2.05. The SMILES string of the molecule is CCCCCC1=[C]CC(=S(=O)=O)C=C1. The first-order chi connectivity index (χ1) is 6.74. The average Bonchev–Trinajstić information content (AvgIpc) is 2.19. The zero-order valence-electron chi connectivity index (χ0n) is 8.41. The highest BCUT2D eigenvalue weighted by molar-refractivity contribution is 7.73. The smallest absolute Gasteiger partial charge is 0.184 e. The fraction of sp³-hybridized carbons (Fsp3) is 0.545. The van der Waals surface area contributed by atoms with E-state index in [-0.39, 0.29) is 0 Å². The van der Waals surface area contributed by atoms with Crippen molar-refractivity contribution in [1.29, 1.82) is 0 Å². The van der Waals surface area contributed by atoms with Gasteiger partial charge in [0.05, 0.1) is 4.86 Å². The molecule has 0 aliphatic heterocycles. The van der Waals surface area contributed by atoms with Gasteiger partial charge < -0.3 is 0 Å². The lowest BCUT2D eigenvalue weighted by Crippen LogP contribution is -1.99. The maximum atomic E-state index is 10.6. The van der Waals surface area contributed by atoms with Gasteiger partial charge in [-0.3, -0.25) is 0 Å². The molecule has 0 saturated carbocycles. The normalized spacial score (nSPS) is 15.5. The predicted octanol–water partition coefficient (Wildman–Crippen LogP) is 2.31. The van der Waals surface area contributed by atoms with Crippen LogP contribution in [-0.2, 0) is 10.3 Å². The number of rotatable bonds is 4. The second-order valence-electron chi connectivity index (χ2n) is 3.37. The predicted molar refractivity (Wildman–Crippen MR) is 58.6 cm³/mol. The Kier molecular flexibility index (Phi) is 4.66. The van der Waals surface area contributed by atoms with E-state index in [9.17, 15) is 8.42 Å². The van der Waals surface area contributed by atoms with Gasteiger partial charge in [0, 0.05) is 6.42 Å². The van der Waals surface area contributed by atoms with Crippen LogP contribution in [-0.4, -0.2) is 13.3 Å². The molecule has 0 spiro atoms. The minimum Gasteiger partial charge on any atom is -0.184 e. The standard InChI is InChI=1S/C11H15O2S/c1-2-3-4-5-10-6-8-11(9-7-10)14(12)13/h6,8H,2-5,9H2,1H3. The van der Waals surface area contributed by atoms with Gasteiger partial charge in [0.1, 0.15) is 0 Å². The van der Waals surface area contributed by atoms with Gasteiger partial charge in [0.2, 0.25) is 10.3 Å². The minimum atomic E-state index is -2.07. The number of hydrogen-bond donors (Lipinski definition) is 0. The van der Waals surface area contributed by atoms with E-state index < -0.39 is 10.3 Å². The van der Waals surface area contributed by atoms with Gasteiger partial charge in [-0.05, 0) is 30.6 Å². The molecule has 0 aromatic heterocycles. The van der Waals surface area contributed by atoms with Crippen LogP contribution in [0, 0.1) is 6.08 Å². The van der Waals surface area contributed by atoms with Gasteiger partial charge in [0.25, 0.3) is 0 Å². The summed E-state index contributed by atoms with van der Waals surface area (Å²) in [6.07, 6.45) is 11.7. The molecule has 1 aliphatic rings. The van der Waals surface area contributed by atoms with Crippen LogP contribution in [0.2, 0.25) is 0 Å². The second kappa shape index (κ2) is 5.81. The Balaban J connectivity index is 2.48. The molecule has 77 valence electrons. The third kappa shape index (κ3) is 3.50. The Labute approximate surface area is 86.9 Å². The Morgan fingerprint density at radius 1 is 1.36 bits per heavy atom. The number of hydrogen-bond acceptors (Lipinski definition) is 2. The Morgan fingerprint density at radius 2 is 2.14 bits per heavy atom. The molecule has 0 amide bonds. The molecule has 1 radical (unpaired) electrons. The largest absolute Gasteiger partial charge is 0.217 e. The van der Waals surface area contributed by atoms with Crippen LogP contribution in [0.4, 0.5) is 0 Å². The van der Waals surface area contributed by atoms with Crippen LogP contribution in [0.3, 0.4) is 0 Å². The Bertz CT molecular complexity index is 364. The van der Waals surface area contributed by atoms with Gasteiger partial charge in [-0.1, -0.05) is 25.8 Å². The topological polar surface area (TPSA) is 34.1 Å². The average molecular weight is 211 g/mol. The highest BCUT2D eigenvalue weighted by Gasteiger charge is 2.03. The van der Waals surface area contributed by atoms with E-state index in [0.717, 1.165) is 12.0 Å². The van der Waals surface area contributed by atoms with Crippen molar-refractivity contribution in [2.24, 2.45) is 0 Å². The molecule has 0 heterocycles. The van der Waals surface area contributed by atoms with Crippen LogP contribution in [0.5, 0.6) is 0 Å². The van der Waals surface area contributed by atoms with Crippen molar-refractivity contribution in [3.8, 4) is 0 Å². The van der Waals surface area contributed by atoms with Gasteiger partial charge in [0.15, 0.2) is 0 Å². The lowest BCUT2D eigenvalue weighted by atomic mass is 10.0. The van der Waals surface area contributed by atoms with Crippen molar-refractivity contribution < 1.29 is 8.42 Å². The fourth-order valence-electron chi connectivity index (χ4n) is 1.36. The van der Waals surface area contributed by atoms with E-state index in [1.165, 1.54) is 19.3 Å². The molecule has 0 bridgehead atoms. The summed E-state index contributed by atoms with van der Waals surface area (Å²) < 4.78 is 21.2. The van der Waals surface area contributed by atoms with E-state index in [4.69, 9.17) is 0 Å². The van der Waals surface area contributed by atoms with Gasteiger partial charge >= 0.3 is 0 Å². The molecule has 0 N–H and O–H groups in total. The van der Waals surface area contributed by atoms with Gasteiger partial charge in [-0.2, -0.15) is 8.42 Å². The first-order valence-electron chi connectivity index (χ1n) is 4.97. The molecule has 2 nitrogen and oxygen atoms in total. The van der Waals surface area contributed by atoms with Crippen molar-refractivity contribution in [3.05, 3.63) is 23.8 Å². The highest BCUT2D eigenvalue weighted by atomic mass is 32.2. The fourth-order valence-corrected chi connectivity index (χ4v) is 1.73. The summed E-state index contributed by atoms with van der Waals surface area (Å²) in [7, 11) is -2.07. The molecule has 1 rings (SSSR count). The molecule has 0 fully saturated rings. The summed E-state index contributed by atoms with van der Waals surface area (Å²) in [5.41, 5.74) is 1.15. The summed E-state index contributed by atoms with van der Waals surface area (Å²) in [6, 6.07) is 0. The number of allylic oxidation sites excluding steroid dienone is 4. The third-order valence-electron chi connectivity index (χ3n) is 2.22. The molecular formula is C11H15O2S. The van der Waals surface area contributed by atoms with Crippen molar-refractivity contribution in [2.75, 3.05) is 0 Å². The lowest BCUT2D eigenvalue weighted by molar-refractivity contribution is 0.627. The molecule has 14 heavy (non-hydrogen) atoms. The zero-order valence-corrected chi connectivity index (χ0v) is 9.23. The van der Waals surface area contributed by atoms with E-state index in [1.54, 1.807) is 6.08 Å². The first kappa shape index (κ1) is 11.2. The zero-order chi connectivity index (χ0) is 10.4. The van der Waals surface area contributed by atoms with Crippen LogP contribution >= 0.6 is 0 Å². The summed E-state index contributed by atoms with van der Waals surface area (Å²) >= 11 is 0. The van der Waals surface area contributed by atoms with Crippen molar-refractivity contribution in [1.82, 2.24) is 0 Å². The van der Waals surface area contributed by atoms with Crippen molar-refractivity contribution in [2.45, 2.75) is 39.0 Å². The van der Waals surface area contributed by atoms with E-state index >= 15 is 0 Å². The molecule has 0 atom stereocenters. The summed E-state index contributed by atoms with van der Waals surface area (Å²) in [6.45, 7) is 2.17. The quantitative estimate of drug-likeness (QED) is 0.528. The van der Waals surface area contributed by atoms with Crippen LogP contribution < -0.4 is 0 Å². The monoisotopic (exact) mass is 211 g/mol. The maximum Gasteiger partial charge on any atom is 0.217 e. The molecule has 1 aliphatic carbocycles. The number of unbranched alkanes of at least 4 members (excludes halogenated alkanes) is 2. The molecule has 0 aromatic carbocycles. The highest BCUT2D eigenvalue weighted by Crippen LogP contribution is 2.14. The molecule has 0 aromatic rings. The molecule has 0 unspecified atom stereocenters. The molecular weight excluding hydrogens is 196 g/mol. The van der Waals surface area contributed by atoms with Gasteiger partial charge in [-0.15, -0.1) is 0 Å². The van der Waals surface area contributed by atoms with Crippen molar-refractivity contribution in [3.63, 3.8) is 0 Å². The molecule has 0 saturated heterocycles. The van der Waals surface area contributed by atoms with E-state index in [2.05, 4.69) is 13.0 Å². The molecule has 3 heteroatoms. The Hall–Kier alpha value is -0.830. The second-order valence-corrected chi connectivity index (χ2v) is 4.36. The van der Waals surface area contributed by atoms with Crippen LogP contribution in [0.15, 0.2) is 17.7 Å². The third-order valence-corrected chi connectivity index (χ3v) is 2.93. The summed E-state index contributed by atoms with van der Waals surface area (Å²) in [5, 5.41) is 0. The van der Waals surface area contributed by atoms with E-state index in [0.29, 0.717) is 11.3 Å². The minimum absolute atomic E-state index is 0.434. The maximum absolute atomic E-state index is 10.6. The van der Waals surface area contributed by atoms with Crippen molar-refractivity contribution >= 4 is 15.2 Å². The van der Waals surface area contributed by atoms with Gasteiger partial charge in [-0.25, -0.2) is 0 Å². The Morgan fingerprint density at radius 3 is 2.64 bits per heavy atom. The van der Waals surface area contributed by atoms with Crippen LogP contribution in [0.1, 0.15) is 39.0 Å². The summed E-state index contributed by atoms with van der Waals surface area (Å²) in [4.78, 5) is 0.434. The van der Waals surface area contributed by atoms with E-state index in [1.807, 2.05) is 6.08 Å². The first-order valence-corrected chi connectivity index (χ1v) is 6.04. The van der Waals surface area contributed by atoms with Crippen LogP contribution in [0.25, 0.3) is 0 Å².